The molecule has 10 heteroatoms. The highest BCUT2D eigenvalue weighted by molar-refractivity contribution is 14.1. The molecule has 0 aliphatic carbocycles. The van der Waals surface area contributed by atoms with Crippen molar-refractivity contribution in [2.45, 2.75) is 52.1 Å². The Kier molecular flexibility index (Phi) is 9.56. The molecule has 2 aliphatic rings. The molecular weight excluding hydrogens is 617 g/mol. The molecule has 2 aromatic carbocycles. The van der Waals surface area contributed by atoms with Crippen LogP contribution in [0, 0.1) is 10.5 Å². The zero-order valence-corrected chi connectivity index (χ0v) is 25.8. The van der Waals surface area contributed by atoms with E-state index >= 15 is 0 Å². The van der Waals surface area contributed by atoms with Crippen LogP contribution in [-0.4, -0.2) is 61.5 Å². The zero-order chi connectivity index (χ0) is 27.9. The fraction of sp³-hybridized carbons (Fsp3) is 0.467. The van der Waals surface area contributed by atoms with Crippen LogP contribution in [0.25, 0.3) is 0 Å². The van der Waals surface area contributed by atoms with Gasteiger partial charge in [0, 0.05) is 33.2 Å². The van der Waals surface area contributed by atoms with Gasteiger partial charge in [-0.05, 0) is 91.3 Å². The minimum absolute atomic E-state index is 0.473. The van der Waals surface area contributed by atoms with E-state index in [-0.39, 0.29) is 0 Å². The number of anilines is 3. The predicted octanol–water partition coefficient (Wildman–Crippen LogP) is 5.82. The van der Waals surface area contributed by atoms with Gasteiger partial charge in [0.1, 0.15) is 6.61 Å². The minimum atomic E-state index is 0.473. The topological polar surface area (TPSA) is 79.2 Å². The molecule has 2 fully saturated rings. The Morgan fingerprint density at radius 3 is 2.08 bits per heavy atom. The number of aryl methyl sites for hydroxylation is 1. The maximum Gasteiger partial charge on any atom is 0.252 e. The van der Waals surface area contributed by atoms with Gasteiger partial charge in [-0.1, -0.05) is 29.8 Å². The summed E-state index contributed by atoms with van der Waals surface area (Å²) >= 11 is 2.29. The molecule has 2 aliphatic heterocycles. The number of hydrogen-bond acceptors (Lipinski definition) is 9. The number of hydrogen-bond donors (Lipinski definition) is 0. The van der Waals surface area contributed by atoms with E-state index in [2.05, 4.69) is 63.6 Å². The molecular formula is C30H38IN7O2. The van der Waals surface area contributed by atoms with Crippen molar-refractivity contribution >= 4 is 46.7 Å². The molecule has 0 saturated carbocycles. The van der Waals surface area contributed by atoms with E-state index in [1.54, 1.807) is 18.3 Å². The van der Waals surface area contributed by atoms with Crippen LogP contribution in [0.5, 0.6) is 11.5 Å². The summed E-state index contributed by atoms with van der Waals surface area (Å²) in [5.74, 6) is 3.44. The summed E-state index contributed by atoms with van der Waals surface area (Å²) in [6.07, 6.45) is 8.99. The average molecular weight is 656 g/mol. The first-order valence-corrected chi connectivity index (χ1v) is 15.2. The standard InChI is InChI=1S/C30H38IN7O2/c1-22-10-12-23(13-11-22)21-40-27-25(31)18-24(19-26(27)39-3)20-32-36(2)28-33-29(37-14-6-4-7-15-37)35-30(34-28)38-16-8-5-9-17-38/h10-13,18-20H,4-9,14-17,21H2,1-3H3/b32-20+. The van der Waals surface area contributed by atoms with Crippen LogP contribution in [0.4, 0.5) is 17.8 Å². The average Bonchev–Trinajstić information content (AvgIpc) is 3.00. The first-order chi connectivity index (χ1) is 19.5. The van der Waals surface area contributed by atoms with E-state index in [4.69, 9.17) is 29.5 Å². The Labute approximate surface area is 250 Å². The van der Waals surface area contributed by atoms with Crippen LogP contribution >= 0.6 is 22.6 Å². The van der Waals surface area contributed by atoms with Crippen LogP contribution in [0.1, 0.15) is 55.2 Å². The molecule has 0 bridgehead atoms. The highest BCUT2D eigenvalue weighted by atomic mass is 127. The van der Waals surface area contributed by atoms with Crippen molar-refractivity contribution < 1.29 is 9.47 Å². The monoisotopic (exact) mass is 655 g/mol. The molecule has 3 aromatic rings. The van der Waals surface area contributed by atoms with Crippen molar-refractivity contribution in [3.05, 3.63) is 56.7 Å². The molecule has 0 radical (unpaired) electrons. The lowest BCUT2D eigenvalue weighted by Crippen LogP contribution is -2.35. The number of methoxy groups -OCH3 is 1. The summed E-state index contributed by atoms with van der Waals surface area (Å²) in [5.41, 5.74) is 3.24. The van der Waals surface area contributed by atoms with Gasteiger partial charge in [-0.25, -0.2) is 5.01 Å². The normalized spacial score (nSPS) is 15.9. The van der Waals surface area contributed by atoms with E-state index in [0.717, 1.165) is 58.5 Å². The number of benzene rings is 2. The van der Waals surface area contributed by atoms with Crippen LogP contribution < -0.4 is 24.3 Å². The van der Waals surface area contributed by atoms with Gasteiger partial charge in [0.25, 0.3) is 5.95 Å². The predicted molar refractivity (Wildman–Crippen MR) is 169 cm³/mol. The lowest BCUT2D eigenvalue weighted by molar-refractivity contribution is 0.282. The Balaban J connectivity index is 1.35. The van der Waals surface area contributed by atoms with E-state index in [9.17, 15) is 0 Å². The maximum atomic E-state index is 6.15. The van der Waals surface area contributed by atoms with E-state index < -0.39 is 0 Å². The lowest BCUT2D eigenvalue weighted by atomic mass is 10.1. The molecule has 0 unspecified atom stereocenters. The third-order valence-electron chi connectivity index (χ3n) is 7.30. The van der Waals surface area contributed by atoms with Gasteiger partial charge in [-0.3, -0.25) is 0 Å². The number of hydrazone groups is 1. The van der Waals surface area contributed by atoms with Crippen LogP contribution in [-0.2, 0) is 6.61 Å². The highest BCUT2D eigenvalue weighted by Gasteiger charge is 2.21. The Morgan fingerprint density at radius 1 is 0.900 bits per heavy atom. The second kappa shape index (κ2) is 13.5. The molecule has 9 nitrogen and oxygen atoms in total. The van der Waals surface area contributed by atoms with E-state index in [0.29, 0.717) is 18.3 Å². The molecule has 0 N–H and O–H groups in total. The number of piperidine rings is 2. The van der Waals surface area contributed by atoms with Crippen molar-refractivity contribution in [1.29, 1.82) is 0 Å². The number of ether oxygens (including phenoxy) is 2. The number of aromatic nitrogens is 3. The summed E-state index contributed by atoms with van der Waals surface area (Å²) in [5, 5.41) is 6.43. The summed E-state index contributed by atoms with van der Waals surface area (Å²) in [6.45, 7) is 6.47. The summed E-state index contributed by atoms with van der Waals surface area (Å²) < 4.78 is 12.8. The van der Waals surface area contributed by atoms with Gasteiger partial charge in [-0.15, -0.1) is 0 Å². The smallest absolute Gasteiger partial charge is 0.252 e. The molecule has 0 atom stereocenters. The van der Waals surface area contributed by atoms with Gasteiger partial charge in [-0.2, -0.15) is 20.1 Å². The fourth-order valence-corrected chi connectivity index (χ4v) is 5.74. The SMILES string of the molecule is COc1cc(/C=N/N(C)c2nc(N3CCCCC3)nc(N3CCCCC3)n2)cc(I)c1OCc1ccc(C)cc1. The van der Waals surface area contributed by atoms with Crippen molar-refractivity contribution in [3.8, 4) is 11.5 Å². The quantitative estimate of drug-likeness (QED) is 0.162. The third-order valence-corrected chi connectivity index (χ3v) is 8.10. The summed E-state index contributed by atoms with van der Waals surface area (Å²) in [6, 6.07) is 12.3. The summed E-state index contributed by atoms with van der Waals surface area (Å²) in [4.78, 5) is 19.1. The second-order valence-electron chi connectivity index (χ2n) is 10.4. The minimum Gasteiger partial charge on any atom is -0.493 e. The molecule has 5 rings (SSSR count). The number of halogens is 1. The maximum absolute atomic E-state index is 6.15. The molecule has 0 amide bonds. The number of rotatable bonds is 9. The number of nitrogens with zero attached hydrogens (tertiary/aromatic N) is 7. The van der Waals surface area contributed by atoms with Gasteiger partial charge in [0.2, 0.25) is 11.9 Å². The molecule has 40 heavy (non-hydrogen) atoms. The van der Waals surface area contributed by atoms with Crippen molar-refractivity contribution in [2.24, 2.45) is 5.10 Å². The first-order valence-electron chi connectivity index (χ1n) is 14.1. The molecule has 0 spiro atoms. The summed E-state index contributed by atoms with van der Waals surface area (Å²) in [7, 11) is 3.54. The molecule has 1 aromatic heterocycles. The van der Waals surface area contributed by atoms with Crippen LogP contribution in [0.15, 0.2) is 41.5 Å². The van der Waals surface area contributed by atoms with Crippen molar-refractivity contribution in [2.75, 3.05) is 55.1 Å². The Hall–Kier alpha value is -3.15. The highest BCUT2D eigenvalue weighted by Crippen LogP contribution is 2.34. The Morgan fingerprint density at radius 2 is 1.50 bits per heavy atom. The van der Waals surface area contributed by atoms with E-state index in [1.807, 2.05) is 19.2 Å². The molecule has 212 valence electrons. The van der Waals surface area contributed by atoms with Crippen molar-refractivity contribution in [1.82, 2.24) is 15.0 Å². The van der Waals surface area contributed by atoms with E-state index in [1.165, 1.54) is 44.1 Å². The van der Waals surface area contributed by atoms with Crippen LogP contribution in [0.3, 0.4) is 0 Å². The van der Waals surface area contributed by atoms with Gasteiger partial charge in [0.05, 0.1) is 16.9 Å². The molecule has 3 heterocycles. The lowest BCUT2D eigenvalue weighted by Gasteiger charge is -2.30. The largest absolute Gasteiger partial charge is 0.493 e. The third kappa shape index (κ3) is 7.13. The van der Waals surface area contributed by atoms with Crippen molar-refractivity contribution in [3.63, 3.8) is 0 Å². The Bertz CT molecular complexity index is 1270. The van der Waals surface area contributed by atoms with Gasteiger partial charge in [0.15, 0.2) is 11.5 Å². The van der Waals surface area contributed by atoms with Crippen LogP contribution in [0.2, 0.25) is 0 Å². The fourth-order valence-electron chi connectivity index (χ4n) is 4.96. The molecule has 2 saturated heterocycles. The first kappa shape index (κ1) is 28.4. The van der Waals surface area contributed by atoms with Gasteiger partial charge < -0.3 is 19.3 Å². The zero-order valence-electron chi connectivity index (χ0n) is 23.6. The second-order valence-corrected chi connectivity index (χ2v) is 11.6. The van der Waals surface area contributed by atoms with Gasteiger partial charge >= 0.3 is 0 Å².